The summed E-state index contributed by atoms with van der Waals surface area (Å²) in [5.41, 5.74) is 0. The van der Waals surface area contributed by atoms with Crippen molar-refractivity contribution in [3.8, 4) is 0 Å². The molecule has 0 bridgehead atoms. The largest absolute Gasteiger partial charge is 0.465 e. The van der Waals surface area contributed by atoms with Crippen molar-refractivity contribution in [1.29, 1.82) is 0 Å². The Morgan fingerprint density at radius 1 is 1.62 bits per heavy atom. The van der Waals surface area contributed by atoms with Crippen LogP contribution < -0.4 is 5.32 Å². The van der Waals surface area contributed by atoms with Crippen molar-refractivity contribution in [2.75, 3.05) is 13.2 Å². The summed E-state index contributed by atoms with van der Waals surface area (Å²) in [7, 11) is 0. The van der Waals surface area contributed by atoms with Crippen LogP contribution in [-0.2, 0) is 9.53 Å². The van der Waals surface area contributed by atoms with Gasteiger partial charge in [-0.05, 0) is 25.3 Å². The van der Waals surface area contributed by atoms with E-state index in [2.05, 4.69) is 5.32 Å². The van der Waals surface area contributed by atoms with Crippen molar-refractivity contribution in [2.45, 2.75) is 39.2 Å². The molecule has 0 aromatic rings. The molecule has 1 atom stereocenters. The summed E-state index contributed by atoms with van der Waals surface area (Å²) in [6.45, 7) is 5.68. The van der Waals surface area contributed by atoms with Gasteiger partial charge in [-0.25, -0.2) is 0 Å². The lowest BCUT2D eigenvalue weighted by Crippen LogP contribution is -2.26. The molecule has 1 rings (SSSR count). The molecule has 1 heterocycles. The van der Waals surface area contributed by atoms with Crippen molar-refractivity contribution in [1.82, 2.24) is 5.32 Å². The summed E-state index contributed by atoms with van der Waals surface area (Å²) in [5, 5.41) is 3.27. The van der Waals surface area contributed by atoms with Crippen LogP contribution in [0.25, 0.3) is 0 Å². The summed E-state index contributed by atoms with van der Waals surface area (Å²) < 4.78 is 5.09. The number of rotatable bonds is 4. The molecule has 0 aromatic heterocycles. The first-order valence-corrected chi connectivity index (χ1v) is 5.07. The molecule has 0 spiro atoms. The summed E-state index contributed by atoms with van der Waals surface area (Å²) in [6.07, 6.45) is 2.83. The van der Waals surface area contributed by atoms with E-state index in [1.54, 1.807) is 0 Å². The van der Waals surface area contributed by atoms with Crippen LogP contribution >= 0.6 is 0 Å². The SMILES string of the molecule is CC(C)COC(=O)CC1CCCN1. The highest BCUT2D eigenvalue weighted by Gasteiger charge is 2.18. The molecule has 13 heavy (non-hydrogen) atoms. The van der Waals surface area contributed by atoms with Crippen LogP contribution in [0.4, 0.5) is 0 Å². The highest BCUT2D eigenvalue weighted by Crippen LogP contribution is 2.09. The number of nitrogens with one attached hydrogen (secondary N) is 1. The first-order chi connectivity index (χ1) is 6.18. The van der Waals surface area contributed by atoms with Crippen LogP contribution in [0.3, 0.4) is 0 Å². The molecule has 0 amide bonds. The van der Waals surface area contributed by atoms with Crippen molar-refractivity contribution < 1.29 is 9.53 Å². The van der Waals surface area contributed by atoms with Gasteiger partial charge in [0.15, 0.2) is 0 Å². The zero-order chi connectivity index (χ0) is 9.68. The quantitative estimate of drug-likeness (QED) is 0.671. The van der Waals surface area contributed by atoms with E-state index in [0.717, 1.165) is 13.0 Å². The van der Waals surface area contributed by atoms with Crippen LogP contribution in [0.1, 0.15) is 33.1 Å². The fraction of sp³-hybridized carbons (Fsp3) is 0.900. The lowest BCUT2D eigenvalue weighted by Gasteiger charge is -2.10. The second kappa shape index (κ2) is 5.22. The number of ether oxygens (including phenoxy) is 1. The minimum absolute atomic E-state index is 0.0619. The first-order valence-electron chi connectivity index (χ1n) is 5.07. The lowest BCUT2D eigenvalue weighted by atomic mass is 10.1. The van der Waals surface area contributed by atoms with Gasteiger partial charge in [0.25, 0.3) is 0 Å². The van der Waals surface area contributed by atoms with Gasteiger partial charge >= 0.3 is 5.97 Å². The highest BCUT2D eigenvalue weighted by molar-refractivity contribution is 5.70. The molecule has 0 saturated carbocycles. The molecule has 1 aliphatic heterocycles. The van der Waals surface area contributed by atoms with E-state index in [4.69, 9.17) is 4.74 Å². The Bertz CT molecular complexity index is 162. The lowest BCUT2D eigenvalue weighted by molar-refractivity contribution is -0.145. The van der Waals surface area contributed by atoms with E-state index < -0.39 is 0 Å². The van der Waals surface area contributed by atoms with E-state index in [1.165, 1.54) is 6.42 Å². The van der Waals surface area contributed by atoms with Gasteiger partial charge in [-0.2, -0.15) is 0 Å². The Hall–Kier alpha value is -0.570. The number of carbonyl (C=O) groups excluding carboxylic acids is 1. The molecular formula is C10H19NO2. The Morgan fingerprint density at radius 2 is 2.38 bits per heavy atom. The van der Waals surface area contributed by atoms with Crippen molar-refractivity contribution in [3.63, 3.8) is 0 Å². The van der Waals surface area contributed by atoms with Crippen LogP contribution in [0.5, 0.6) is 0 Å². The van der Waals surface area contributed by atoms with Crippen LogP contribution in [0, 0.1) is 5.92 Å². The van der Waals surface area contributed by atoms with E-state index in [1.807, 2.05) is 13.8 Å². The highest BCUT2D eigenvalue weighted by atomic mass is 16.5. The average molecular weight is 185 g/mol. The second-order valence-corrected chi connectivity index (χ2v) is 4.07. The van der Waals surface area contributed by atoms with Gasteiger partial charge in [0, 0.05) is 6.04 Å². The van der Waals surface area contributed by atoms with Gasteiger partial charge in [-0.1, -0.05) is 13.8 Å². The zero-order valence-corrected chi connectivity index (χ0v) is 8.51. The van der Waals surface area contributed by atoms with Crippen LogP contribution in [0.15, 0.2) is 0 Å². The molecule has 1 fully saturated rings. The molecule has 0 radical (unpaired) electrons. The van der Waals surface area contributed by atoms with Gasteiger partial charge < -0.3 is 10.1 Å². The third-order valence-electron chi connectivity index (χ3n) is 2.15. The normalized spacial score (nSPS) is 22.2. The molecule has 1 saturated heterocycles. The first kappa shape index (κ1) is 10.5. The molecular weight excluding hydrogens is 166 g/mol. The van der Waals surface area contributed by atoms with Crippen LogP contribution in [-0.4, -0.2) is 25.2 Å². The monoisotopic (exact) mass is 185 g/mol. The van der Waals surface area contributed by atoms with Gasteiger partial charge in [-0.15, -0.1) is 0 Å². The summed E-state index contributed by atoms with van der Waals surface area (Å²) >= 11 is 0. The number of hydrogen-bond donors (Lipinski definition) is 1. The molecule has 1 aliphatic rings. The Kier molecular flexibility index (Phi) is 4.22. The Balaban J connectivity index is 2.09. The van der Waals surface area contributed by atoms with E-state index in [0.29, 0.717) is 25.0 Å². The standard InChI is InChI=1S/C10H19NO2/c1-8(2)7-13-10(12)6-9-4-3-5-11-9/h8-9,11H,3-7H2,1-2H3. The minimum Gasteiger partial charge on any atom is -0.465 e. The predicted molar refractivity (Wildman–Crippen MR) is 51.4 cm³/mol. The van der Waals surface area contributed by atoms with E-state index >= 15 is 0 Å². The van der Waals surface area contributed by atoms with Crippen molar-refractivity contribution >= 4 is 5.97 Å². The molecule has 0 aliphatic carbocycles. The zero-order valence-electron chi connectivity index (χ0n) is 8.51. The molecule has 76 valence electrons. The maximum absolute atomic E-state index is 11.2. The summed E-state index contributed by atoms with van der Waals surface area (Å²) in [4.78, 5) is 11.2. The Labute approximate surface area is 79.8 Å². The van der Waals surface area contributed by atoms with E-state index in [-0.39, 0.29) is 5.97 Å². The predicted octanol–water partition coefficient (Wildman–Crippen LogP) is 1.33. The number of esters is 1. The van der Waals surface area contributed by atoms with E-state index in [9.17, 15) is 4.79 Å². The Morgan fingerprint density at radius 3 is 2.92 bits per heavy atom. The summed E-state index contributed by atoms with van der Waals surface area (Å²) in [5.74, 6) is 0.369. The third-order valence-corrected chi connectivity index (χ3v) is 2.15. The maximum Gasteiger partial charge on any atom is 0.307 e. The van der Waals surface area contributed by atoms with Gasteiger partial charge in [0.05, 0.1) is 13.0 Å². The molecule has 1 N–H and O–H groups in total. The second-order valence-electron chi connectivity index (χ2n) is 4.07. The number of hydrogen-bond acceptors (Lipinski definition) is 3. The van der Waals surface area contributed by atoms with Crippen molar-refractivity contribution in [2.24, 2.45) is 5.92 Å². The van der Waals surface area contributed by atoms with Gasteiger partial charge in [0.1, 0.15) is 0 Å². The van der Waals surface area contributed by atoms with Gasteiger partial charge in [0.2, 0.25) is 0 Å². The average Bonchev–Trinajstić information content (AvgIpc) is 2.53. The van der Waals surface area contributed by atoms with Crippen molar-refractivity contribution in [3.05, 3.63) is 0 Å². The molecule has 0 aromatic carbocycles. The smallest absolute Gasteiger partial charge is 0.307 e. The van der Waals surface area contributed by atoms with Crippen LogP contribution in [0.2, 0.25) is 0 Å². The fourth-order valence-corrected chi connectivity index (χ4v) is 1.45. The third kappa shape index (κ3) is 4.27. The maximum atomic E-state index is 11.2. The topological polar surface area (TPSA) is 38.3 Å². The minimum atomic E-state index is -0.0619. The molecule has 3 nitrogen and oxygen atoms in total. The summed E-state index contributed by atoms with van der Waals surface area (Å²) in [6, 6.07) is 0.361. The fourth-order valence-electron chi connectivity index (χ4n) is 1.45. The number of carbonyl (C=O) groups is 1. The van der Waals surface area contributed by atoms with Gasteiger partial charge in [-0.3, -0.25) is 4.79 Å². The molecule has 3 heteroatoms. The molecule has 1 unspecified atom stereocenters.